The molecule has 0 saturated heterocycles. The maximum atomic E-state index is 13.5. The maximum Gasteiger partial charge on any atom is 0.362 e. The molecule has 1 unspecified atom stereocenters. The Morgan fingerprint density at radius 1 is 0.587 bits per heavy atom. The van der Waals surface area contributed by atoms with E-state index < -0.39 is 0 Å². The highest BCUT2D eigenvalue weighted by molar-refractivity contribution is 6.33. The molecule has 1 atom stereocenters. The second-order valence-electron chi connectivity index (χ2n) is 10.8. The highest BCUT2D eigenvalue weighted by Gasteiger charge is 2.23. The van der Waals surface area contributed by atoms with Crippen LogP contribution in [0.5, 0.6) is 0 Å². The third kappa shape index (κ3) is 5.89. The molecular formula is C40H25Cl2O4+. The Bertz CT molecular complexity index is 2320. The predicted molar refractivity (Wildman–Crippen MR) is 186 cm³/mol. The first kappa shape index (κ1) is 29.4. The lowest BCUT2D eigenvalue weighted by Gasteiger charge is -2.21. The standard InChI is InChI=1S/C40H25Cl2O4/c41-33-17-9-7-15-29(33)37-23-25(21-35(45-37)27-11-3-1-4-12-27)19-31-39(43)32(40(31)44)20-26-22-36(28-13-5-2-6-14-28)46-38(24-26)30-16-8-10-18-34(30)42/h1-25H/q+1. The Kier molecular flexibility index (Phi) is 8.06. The van der Waals surface area contributed by atoms with Crippen molar-refractivity contribution in [2.45, 2.75) is 0 Å². The highest BCUT2D eigenvalue weighted by Crippen LogP contribution is 2.36. The van der Waals surface area contributed by atoms with Crippen molar-refractivity contribution < 1.29 is 9.15 Å². The second-order valence-corrected chi connectivity index (χ2v) is 11.7. The Labute approximate surface area is 274 Å². The molecule has 0 bridgehead atoms. The minimum absolute atomic E-state index is 0.108. The van der Waals surface area contributed by atoms with Crippen LogP contribution in [0.15, 0.2) is 147 Å². The van der Waals surface area contributed by atoms with Crippen LogP contribution in [0.1, 0.15) is 16.7 Å². The summed E-state index contributed by atoms with van der Waals surface area (Å²) in [6.45, 7) is 0. The van der Waals surface area contributed by atoms with Gasteiger partial charge in [0.15, 0.2) is 0 Å². The number of ether oxygens (including phenoxy) is 1. The third-order valence-electron chi connectivity index (χ3n) is 7.77. The van der Waals surface area contributed by atoms with Crippen LogP contribution >= 0.6 is 23.2 Å². The van der Waals surface area contributed by atoms with E-state index in [0.29, 0.717) is 44.2 Å². The average Bonchev–Trinajstić information content (AvgIpc) is 3.10. The lowest BCUT2D eigenvalue weighted by molar-refractivity contribution is 0.458. The van der Waals surface area contributed by atoms with E-state index in [0.717, 1.165) is 16.7 Å². The van der Waals surface area contributed by atoms with E-state index >= 15 is 0 Å². The minimum Gasteiger partial charge on any atom is -0.457 e. The molecule has 0 aliphatic carbocycles. The number of halogens is 2. The van der Waals surface area contributed by atoms with Gasteiger partial charge in [0.1, 0.15) is 11.5 Å². The van der Waals surface area contributed by atoms with Gasteiger partial charge in [-0.05, 0) is 60.2 Å². The fourth-order valence-corrected chi connectivity index (χ4v) is 5.92. The van der Waals surface area contributed by atoms with Gasteiger partial charge >= 0.3 is 11.5 Å². The van der Waals surface area contributed by atoms with E-state index in [9.17, 15) is 9.59 Å². The van der Waals surface area contributed by atoms with E-state index in [1.54, 1.807) is 30.4 Å². The van der Waals surface area contributed by atoms with Gasteiger partial charge < -0.3 is 4.74 Å². The smallest absolute Gasteiger partial charge is 0.362 e. The first-order valence-electron chi connectivity index (χ1n) is 14.7. The molecule has 4 nitrogen and oxygen atoms in total. The molecular weight excluding hydrogens is 615 g/mol. The molecule has 2 heterocycles. The predicted octanol–water partition coefficient (Wildman–Crippen LogP) is 8.14. The van der Waals surface area contributed by atoms with Crippen LogP contribution in [0.4, 0.5) is 0 Å². The normalized spacial score (nSPS) is 14.3. The topological polar surface area (TPSA) is 54.7 Å². The van der Waals surface area contributed by atoms with Crippen molar-refractivity contribution in [1.29, 1.82) is 0 Å². The van der Waals surface area contributed by atoms with Gasteiger partial charge in [0.05, 0.1) is 43.7 Å². The summed E-state index contributed by atoms with van der Waals surface area (Å²) in [7, 11) is 0. The molecule has 5 aromatic carbocycles. The van der Waals surface area contributed by atoms with Crippen molar-refractivity contribution in [2.75, 3.05) is 0 Å². The van der Waals surface area contributed by atoms with E-state index in [1.165, 1.54) is 0 Å². The summed E-state index contributed by atoms with van der Waals surface area (Å²) >= 11 is 13.0. The van der Waals surface area contributed by atoms with E-state index in [1.807, 2.05) is 115 Å². The molecule has 222 valence electrons. The molecule has 6 heteroatoms. The molecule has 1 aromatic heterocycles. The minimum atomic E-state index is -0.383. The van der Waals surface area contributed by atoms with Gasteiger partial charge in [0.2, 0.25) is 10.9 Å². The Hall–Kier alpha value is -5.29. The van der Waals surface area contributed by atoms with Gasteiger partial charge in [-0.25, -0.2) is 4.42 Å². The number of allylic oxidation sites excluding steroid dienone is 2. The zero-order valence-electron chi connectivity index (χ0n) is 24.3. The van der Waals surface area contributed by atoms with Crippen LogP contribution in [0.25, 0.3) is 46.3 Å². The van der Waals surface area contributed by atoms with Crippen LogP contribution in [0, 0.1) is 5.92 Å². The van der Waals surface area contributed by atoms with Crippen molar-refractivity contribution in [1.82, 2.24) is 0 Å². The first-order chi connectivity index (χ1) is 22.4. The van der Waals surface area contributed by atoms with Crippen molar-refractivity contribution in [2.24, 2.45) is 5.92 Å². The van der Waals surface area contributed by atoms with Crippen LogP contribution < -0.4 is 21.3 Å². The number of rotatable bonds is 6. The third-order valence-corrected chi connectivity index (χ3v) is 8.43. The molecule has 0 amide bonds. The summed E-state index contributed by atoms with van der Waals surface area (Å²) in [5.41, 5.74) is 3.15. The number of hydrogen-bond acceptors (Lipinski definition) is 3. The summed E-state index contributed by atoms with van der Waals surface area (Å²) in [6.07, 6.45) is 7.06. The molecule has 0 radical (unpaired) electrons. The van der Waals surface area contributed by atoms with Crippen LogP contribution in [0.2, 0.25) is 10.0 Å². The fraction of sp³-hybridized carbons (Fsp3) is 0.0250. The summed E-state index contributed by atoms with van der Waals surface area (Å²) in [4.78, 5) is 27.0. The van der Waals surface area contributed by atoms with Crippen molar-refractivity contribution >= 4 is 46.9 Å². The molecule has 0 spiro atoms. The van der Waals surface area contributed by atoms with Gasteiger partial charge in [-0.1, -0.05) is 102 Å². The van der Waals surface area contributed by atoms with Crippen LogP contribution in [-0.4, -0.2) is 0 Å². The molecule has 6 aromatic rings. The quantitative estimate of drug-likeness (QED) is 0.173. The fourth-order valence-electron chi connectivity index (χ4n) is 5.46. The molecule has 46 heavy (non-hydrogen) atoms. The lowest BCUT2D eigenvalue weighted by Crippen LogP contribution is -2.64. The van der Waals surface area contributed by atoms with Crippen molar-refractivity contribution in [3.63, 3.8) is 0 Å². The van der Waals surface area contributed by atoms with E-state index in [2.05, 4.69) is 0 Å². The van der Waals surface area contributed by atoms with Gasteiger partial charge in [-0.15, -0.1) is 0 Å². The molecule has 7 rings (SSSR count). The summed E-state index contributed by atoms with van der Waals surface area (Å²) < 4.78 is 12.5. The second kappa shape index (κ2) is 12.6. The monoisotopic (exact) mass is 639 g/mol. The Morgan fingerprint density at radius 2 is 1.13 bits per heavy atom. The van der Waals surface area contributed by atoms with E-state index in [-0.39, 0.29) is 27.2 Å². The molecule has 1 aliphatic rings. The van der Waals surface area contributed by atoms with Gasteiger partial charge in [-0.3, -0.25) is 9.59 Å². The zero-order valence-corrected chi connectivity index (χ0v) is 25.8. The Balaban J connectivity index is 1.32. The molecule has 1 aliphatic heterocycles. The first-order valence-corrected chi connectivity index (χ1v) is 15.4. The summed E-state index contributed by atoms with van der Waals surface area (Å²) in [5, 5.41) is 1.30. The van der Waals surface area contributed by atoms with Gasteiger partial charge in [0.25, 0.3) is 0 Å². The van der Waals surface area contributed by atoms with Gasteiger partial charge in [-0.2, -0.15) is 0 Å². The number of hydrogen-bond donors (Lipinski definition) is 0. The molecule has 0 fully saturated rings. The maximum absolute atomic E-state index is 13.5. The molecule has 0 saturated carbocycles. The zero-order chi connectivity index (χ0) is 31.6. The largest absolute Gasteiger partial charge is 0.457 e. The highest BCUT2D eigenvalue weighted by atomic mass is 35.5. The van der Waals surface area contributed by atoms with E-state index in [4.69, 9.17) is 32.4 Å². The summed E-state index contributed by atoms with van der Waals surface area (Å²) in [5.74, 6) is 1.89. The molecule has 0 N–H and O–H groups in total. The summed E-state index contributed by atoms with van der Waals surface area (Å²) in [6, 6.07) is 37.7. The average molecular weight is 641 g/mol. The van der Waals surface area contributed by atoms with Crippen molar-refractivity contribution in [3.8, 4) is 22.6 Å². The Morgan fingerprint density at radius 3 is 1.78 bits per heavy atom. The lowest BCUT2D eigenvalue weighted by atomic mass is 9.97. The SMILES string of the molecule is O=c1c(=Cc2cc(-c3ccccc3)[o+]c(-c3ccccc3Cl)c2)c(=O)c1=CC1C=C(c2ccccc2)OC(c2ccccc2Cl)=C1. The van der Waals surface area contributed by atoms with Crippen molar-refractivity contribution in [3.05, 3.63) is 191 Å². The van der Waals surface area contributed by atoms with Crippen LogP contribution in [-0.2, 0) is 4.74 Å². The van der Waals surface area contributed by atoms with Gasteiger partial charge in [0, 0.05) is 17.0 Å². The number of benzene rings is 4. The van der Waals surface area contributed by atoms with Crippen LogP contribution in [0.3, 0.4) is 0 Å².